The summed E-state index contributed by atoms with van der Waals surface area (Å²) in [5, 5.41) is 30.9. The molecule has 0 unspecified atom stereocenters. The van der Waals surface area contributed by atoms with E-state index in [1.165, 1.54) is 31.2 Å². The molecular formula is C28H39N3O2. The van der Waals surface area contributed by atoms with Crippen molar-refractivity contribution in [2.75, 3.05) is 0 Å². The lowest BCUT2D eigenvalue weighted by Crippen LogP contribution is -2.58. The van der Waals surface area contributed by atoms with E-state index in [4.69, 9.17) is 0 Å². The Morgan fingerprint density at radius 2 is 1.73 bits per heavy atom. The third-order valence-corrected chi connectivity index (χ3v) is 10.9. The minimum absolute atomic E-state index is 0.0971. The number of rotatable bonds is 2. The van der Waals surface area contributed by atoms with E-state index in [0.717, 1.165) is 36.9 Å². The molecular weight excluding hydrogens is 410 g/mol. The molecule has 1 aromatic carbocycles. The third-order valence-electron chi connectivity index (χ3n) is 10.9. The Labute approximate surface area is 197 Å². The van der Waals surface area contributed by atoms with E-state index in [2.05, 4.69) is 66.2 Å². The molecule has 6 rings (SSSR count). The number of aliphatic hydroxyl groups excluding tert-OH is 2. The van der Waals surface area contributed by atoms with Gasteiger partial charge in [-0.05, 0) is 92.8 Å². The van der Waals surface area contributed by atoms with Crippen LogP contribution in [-0.2, 0) is 0 Å². The molecule has 2 aromatic rings. The smallest absolute Gasteiger partial charge is 0.113 e. The van der Waals surface area contributed by atoms with Gasteiger partial charge in [0.2, 0.25) is 0 Å². The predicted molar refractivity (Wildman–Crippen MR) is 128 cm³/mol. The number of fused-ring (bicyclic) bond motifs is 5. The van der Waals surface area contributed by atoms with Crippen LogP contribution in [0.3, 0.4) is 0 Å². The minimum Gasteiger partial charge on any atom is -0.393 e. The van der Waals surface area contributed by atoms with Crippen LogP contribution in [0.1, 0.15) is 76.8 Å². The Morgan fingerprint density at radius 3 is 2.52 bits per heavy atom. The van der Waals surface area contributed by atoms with Crippen LogP contribution in [0.15, 0.2) is 30.5 Å². The summed E-state index contributed by atoms with van der Waals surface area (Å²) in [4.78, 5) is 0. The maximum absolute atomic E-state index is 10.9. The van der Waals surface area contributed by atoms with Gasteiger partial charge < -0.3 is 10.2 Å². The number of hydrogen-bond donors (Lipinski definition) is 2. The summed E-state index contributed by atoms with van der Waals surface area (Å²) >= 11 is 0. The zero-order valence-corrected chi connectivity index (χ0v) is 20.3. The summed E-state index contributed by atoms with van der Waals surface area (Å²) in [5.41, 5.74) is 3.46. The molecule has 2 N–H and O–H groups in total. The lowest BCUT2D eigenvalue weighted by atomic mass is 9.44. The number of benzene rings is 1. The molecule has 9 atom stereocenters. The van der Waals surface area contributed by atoms with E-state index in [0.29, 0.717) is 23.7 Å². The molecule has 178 valence electrons. The average Bonchev–Trinajstić information content (AvgIpc) is 3.39. The first-order chi connectivity index (χ1) is 15.8. The number of nitrogens with zero attached hydrogens (tertiary/aromatic N) is 3. The maximum Gasteiger partial charge on any atom is 0.113 e. The second-order valence-electron chi connectivity index (χ2n) is 12.2. The topological polar surface area (TPSA) is 71.2 Å². The fraction of sp³-hybridized carbons (Fsp3) is 0.714. The second kappa shape index (κ2) is 7.64. The predicted octanol–water partition coefficient (Wildman–Crippen LogP) is 5.17. The van der Waals surface area contributed by atoms with Crippen LogP contribution in [0, 0.1) is 41.4 Å². The first-order valence-corrected chi connectivity index (χ1v) is 13.2. The van der Waals surface area contributed by atoms with E-state index < -0.39 is 0 Å². The monoisotopic (exact) mass is 449 g/mol. The van der Waals surface area contributed by atoms with Crippen LogP contribution in [0.4, 0.5) is 0 Å². The van der Waals surface area contributed by atoms with Gasteiger partial charge in [-0.2, -0.15) is 0 Å². The minimum atomic E-state index is -0.265. The van der Waals surface area contributed by atoms with Crippen molar-refractivity contribution in [3.05, 3.63) is 36.0 Å². The lowest BCUT2D eigenvalue weighted by molar-refractivity contribution is -0.157. The lowest BCUT2D eigenvalue weighted by Gasteiger charge is -2.62. The Balaban J connectivity index is 1.36. The summed E-state index contributed by atoms with van der Waals surface area (Å²) in [6.07, 6.45) is 10.3. The van der Waals surface area contributed by atoms with Crippen LogP contribution in [-0.4, -0.2) is 37.4 Å². The highest BCUT2D eigenvalue weighted by Gasteiger charge is 2.62. The van der Waals surface area contributed by atoms with Crippen LogP contribution in [0.2, 0.25) is 0 Å². The fourth-order valence-corrected chi connectivity index (χ4v) is 8.95. The first-order valence-electron chi connectivity index (χ1n) is 13.2. The van der Waals surface area contributed by atoms with Gasteiger partial charge in [-0.3, -0.25) is 0 Å². The van der Waals surface area contributed by atoms with E-state index in [-0.39, 0.29) is 29.1 Å². The zero-order chi connectivity index (χ0) is 23.0. The highest BCUT2D eigenvalue weighted by molar-refractivity contribution is 5.57. The zero-order valence-electron chi connectivity index (χ0n) is 20.3. The molecule has 4 aliphatic carbocycles. The molecule has 5 heteroatoms. The number of hydrogen-bond acceptors (Lipinski definition) is 4. The Hall–Kier alpha value is -1.72. The molecule has 5 nitrogen and oxygen atoms in total. The molecule has 33 heavy (non-hydrogen) atoms. The van der Waals surface area contributed by atoms with Crippen molar-refractivity contribution in [3.8, 4) is 11.3 Å². The second-order valence-corrected chi connectivity index (χ2v) is 12.2. The third kappa shape index (κ3) is 3.18. The number of aryl methyl sites for hydroxylation is 1. The fourth-order valence-electron chi connectivity index (χ4n) is 8.95. The van der Waals surface area contributed by atoms with Crippen LogP contribution in [0.25, 0.3) is 11.3 Å². The maximum atomic E-state index is 10.9. The van der Waals surface area contributed by atoms with Gasteiger partial charge in [-0.1, -0.05) is 48.9 Å². The Bertz CT molecular complexity index is 1020. The van der Waals surface area contributed by atoms with Crippen LogP contribution in [0.5, 0.6) is 0 Å². The van der Waals surface area contributed by atoms with Gasteiger partial charge in [0.1, 0.15) is 5.69 Å². The summed E-state index contributed by atoms with van der Waals surface area (Å²) < 4.78 is 2.10. The molecule has 0 spiro atoms. The Kier molecular flexibility index (Phi) is 5.05. The summed E-state index contributed by atoms with van der Waals surface area (Å²) in [5.74, 6) is 2.47. The number of aromatic nitrogens is 3. The normalized spacial score (nSPS) is 44.7. The van der Waals surface area contributed by atoms with Gasteiger partial charge in [-0.15, -0.1) is 5.10 Å². The summed E-state index contributed by atoms with van der Waals surface area (Å²) in [6.45, 7) is 6.96. The average molecular weight is 450 g/mol. The number of aliphatic hydroxyl groups is 2. The molecule has 0 radical (unpaired) electrons. The van der Waals surface area contributed by atoms with E-state index >= 15 is 0 Å². The molecule has 1 heterocycles. The van der Waals surface area contributed by atoms with Gasteiger partial charge in [0.05, 0.1) is 24.4 Å². The molecule has 4 fully saturated rings. The van der Waals surface area contributed by atoms with Crippen molar-refractivity contribution < 1.29 is 10.2 Å². The molecule has 4 saturated carbocycles. The van der Waals surface area contributed by atoms with Crippen molar-refractivity contribution in [2.24, 2.45) is 34.5 Å². The first kappa shape index (κ1) is 21.8. The molecule has 1 aromatic heterocycles. The molecule has 0 amide bonds. The molecule has 0 aliphatic heterocycles. The standard InChI is InChI=1S/C28H39N3O2/c1-17-4-6-18(7-5-17)24-16-31(30-29-24)25-15-20(32)14-19-8-9-21-22-10-11-26(33)27(22,2)13-12-23(21)28(19,25)3/h4-7,16,19-23,25-26,32-33H,8-15H2,1-3H3/t19-,20+,21-,22-,23-,25-,26-,27-,28-/m0/s1. The van der Waals surface area contributed by atoms with Crippen molar-refractivity contribution in [3.63, 3.8) is 0 Å². The molecule has 0 saturated heterocycles. The van der Waals surface area contributed by atoms with Gasteiger partial charge in [0, 0.05) is 5.56 Å². The van der Waals surface area contributed by atoms with Crippen molar-refractivity contribution >= 4 is 0 Å². The highest BCUT2D eigenvalue weighted by atomic mass is 16.3. The van der Waals surface area contributed by atoms with Gasteiger partial charge in [-0.25, -0.2) is 4.68 Å². The van der Waals surface area contributed by atoms with E-state index in [1.807, 2.05) is 0 Å². The SMILES string of the molecule is Cc1ccc(-c2cn([C@H]3C[C@H](O)C[C@@H]4CC[C@H]5[C@@H]6CC[C@H](O)[C@@]6(C)CC[C@@H]5[C@]43C)nn2)cc1. The van der Waals surface area contributed by atoms with Gasteiger partial charge in [0.15, 0.2) is 0 Å². The van der Waals surface area contributed by atoms with Crippen molar-refractivity contribution in [2.45, 2.75) is 90.4 Å². The summed E-state index contributed by atoms with van der Waals surface area (Å²) in [6, 6.07) is 8.65. The largest absolute Gasteiger partial charge is 0.393 e. The van der Waals surface area contributed by atoms with Gasteiger partial charge in [0.25, 0.3) is 0 Å². The molecule has 0 bridgehead atoms. The molecule has 4 aliphatic rings. The quantitative estimate of drug-likeness (QED) is 0.664. The van der Waals surface area contributed by atoms with Crippen molar-refractivity contribution in [1.82, 2.24) is 15.0 Å². The Morgan fingerprint density at radius 1 is 0.939 bits per heavy atom. The van der Waals surface area contributed by atoms with E-state index in [9.17, 15) is 10.2 Å². The van der Waals surface area contributed by atoms with Gasteiger partial charge >= 0.3 is 0 Å². The van der Waals surface area contributed by atoms with Crippen LogP contribution >= 0.6 is 0 Å². The summed E-state index contributed by atoms with van der Waals surface area (Å²) in [7, 11) is 0. The van der Waals surface area contributed by atoms with E-state index in [1.54, 1.807) is 0 Å². The van der Waals surface area contributed by atoms with Crippen LogP contribution < -0.4 is 0 Å². The van der Waals surface area contributed by atoms with Crippen molar-refractivity contribution in [1.29, 1.82) is 0 Å². The highest BCUT2D eigenvalue weighted by Crippen LogP contribution is 2.68.